The molecule has 3 heteroatoms. The largest absolute Gasteiger partial charge is 0.508 e. The van der Waals surface area contributed by atoms with Gasteiger partial charge in [-0.25, -0.2) is 0 Å². The first-order valence-electron chi connectivity index (χ1n) is 9.16. The molecule has 0 aliphatic heterocycles. The van der Waals surface area contributed by atoms with Gasteiger partial charge in [-0.2, -0.15) is 0 Å². The summed E-state index contributed by atoms with van der Waals surface area (Å²) in [6.07, 6.45) is 3.07. The Morgan fingerprint density at radius 3 is 2.36 bits per heavy atom. The van der Waals surface area contributed by atoms with E-state index < -0.39 is 0 Å². The number of aromatic hydroxyl groups is 1. The SMILES string of the molecule is CCCc1ccc(C(=O)N(CCC(C)C)Cc2ccccc2O)cc1. The summed E-state index contributed by atoms with van der Waals surface area (Å²) in [5.74, 6) is 0.779. The number of hydrogen-bond acceptors (Lipinski definition) is 2. The molecule has 0 aliphatic rings. The second-order valence-corrected chi connectivity index (χ2v) is 6.98. The van der Waals surface area contributed by atoms with Crippen LogP contribution in [0.25, 0.3) is 0 Å². The number of phenolic OH excluding ortho intramolecular Hbond substituents is 1. The maximum Gasteiger partial charge on any atom is 0.254 e. The lowest BCUT2D eigenvalue weighted by molar-refractivity contribution is 0.0734. The first-order valence-corrected chi connectivity index (χ1v) is 9.16. The molecule has 134 valence electrons. The molecular formula is C22H29NO2. The average molecular weight is 339 g/mol. The Morgan fingerprint density at radius 2 is 1.76 bits per heavy atom. The molecule has 2 aromatic rings. The van der Waals surface area contributed by atoms with Crippen molar-refractivity contribution in [2.24, 2.45) is 5.92 Å². The molecule has 0 saturated carbocycles. The highest BCUT2D eigenvalue weighted by Crippen LogP contribution is 2.20. The van der Waals surface area contributed by atoms with Gasteiger partial charge in [0, 0.05) is 24.2 Å². The van der Waals surface area contributed by atoms with E-state index >= 15 is 0 Å². The number of rotatable bonds is 8. The van der Waals surface area contributed by atoms with Gasteiger partial charge in [0.25, 0.3) is 5.91 Å². The van der Waals surface area contributed by atoms with Crippen LogP contribution in [0.1, 0.15) is 55.1 Å². The lowest BCUT2D eigenvalue weighted by Gasteiger charge is -2.24. The summed E-state index contributed by atoms with van der Waals surface area (Å²) in [7, 11) is 0. The number of para-hydroxylation sites is 1. The minimum atomic E-state index is 0.0203. The Morgan fingerprint density at radius 1 is 1.08 bits per heavy atom. The Labute approximate surface area is 151 Å². The van der Waals surface area contributed by atoms with Crippen molar-refractivity contribution >= 4 is 5.91 Å². The molecule has 0 aromatic heterocycles. The van der Waals surface area contributed by atoms with Crippen LogP contribution in [0, 0.1) is 5.92 Å². The number of hydrogen-bond donors (Lipinski definition) is 1. The smallest absolute Gasteiger partial charge is 0.254 e. The zero-order valence-electron chi connectivity index (χ0n) is 15.5. The van der Waals surface area contributed by atoms with Crippen LogP contribution < -0.4 is 0 Å². The van der Waals surface area contributed by atoms with E-state index in [1.54, 1.807) is 12.1 Å². The van der Waals surface area contributed by atoms with Gasteiger partial charge < -0.3 is 10.0 Å². The summed E-state index contributed by atoms with van der Waals surface area (Å²) in [4.78, 5) is 14.8. The van der Waals surface area contributed by atoms with Gasteiger partial charge in [0.1, 0.15) is 5.75 Å². The van der Waals surface area contributed by atoms with Crippen LogP contribution >= 0.6 is 0 Å². The third-order valence-electron chi connectivity index (χ3n) is 4.36. The minimum absolute atomic E-state index is 0.0203. The fourth-order valence-electron chi connectivity index (χ4n) is 2.80. The molecule has 25 heavy (non-hydrogen) atoms. The standard InChI is InChI=1S/C22H29NO2/c1-4-7-18-10-12-19(13-11-18)22(25)23(15-14-17(2)3)16-20-8-5-6-9-21(20)24/h5-6,8-13,17,24H,4,7,14-16H2,1-3H3. The fraction of sp³-hybridized carbons (Fsp3) is 0.409. The molecule has 2 rings (SSSR count). The van der Waals surface area contributed by atoms with Crippen LogP contribution in [0.2, 0.25) is 0 Å². The Balaban J connectivity index is 2.18. The fourth-order valence-corrected chi connectivity index (χ4v) is 2.80. The van der Waals surface area contributed by atoms with Gasteiger partial charge in [-0.05, 0) is 42.5 Å². The highest BCUT2D eigenvalue weighted by molar-refractivity contribution is 5.94. The van der Waals surface area contributed by atoms with Crippen LogP contribution in [0.5, 0.6) is 5.75 Å². The Bertz CT molecular complexity index is 677. The molecule has 2 aromatic carbocycles. The third-order valence-corrected chi connectivity index (χ3v) is 4.36. The third kappa shape index (κ3) is 5.63. The number of aryl methyl sites for hydroxylation is 1. The topological polar surface area (TPSA) is 40.5 Å². The first-order chi connectivity index (χ1) is 12.0. The normalized spacial score (nSPS) is 10.9. The molecule has 0 heterocycles. The second kappa shape index (κ2) is 9.26. The van der Waals surface area contributed by atoms with Crippen molar-refractivity contribution in [1.82, 2.24) is 4.90 Å². The summed E-state index contributed by atoms with van der Waals surface area (Å²) in [6, 6.07) is 15.1. The average Bonchev–Trinajstić information content (AvgIpc) is 2.60. The monoisotopic (exact) mass is 339 g/mol. The van der Waals surface area contributed by atoms with Gasteiger partial charge in [0.2, 0.25) is 0 Å². The molecule has 0 bridgehead atoms. The number of phenols is 1. The molecule has 0 fully saturated rings. The molecule has 0 radical (unpaired) electrons. The molecule has 1 N–H and O–H groups in total. The lowest BCUT2D eigenvalue weighted by atomic mass is 10.1. The van der Waals surface area contributed by atoms with Gasteiger partial charge in [0.15, 0.2) is 0 Å². The molecule has 1 amide bonds. The van der Waals surface area contributed by atoms with Crippen LogP contribution in [0.3, 0.4) is 0 Å². The summed E-state index contributed by atoms with van der Waals surface area (Å²) in [5, 5.41) is 10.0. The number of nitrogens with zero attached hydrogens (tertiary/aromatic N) is 1. The van der Waals surface area contributed by atoms with E-state index in [0.29, 0.717) is 24.6 Å². The van der Waals surface area contributed by atoms with Crippen molar-refractivity contribution in [1.29, 1.82) is 0 Å². The van der Waals surface area contributed by atoms with Gasteiger partial charge in [0.05, 0.1) is 0 Å². The van der Waals surface area contributed by atoms with E-state index in [1.807, 2.05) is 41.3 Å². The van der Waals surface area contributed by atoms with E-state index in [4.69, 9.17) is 0 Å². The van der Waals surface area contributed by atoms with E-state index in [1.165, 1.54) is 5.56 Å². The lowest BCUT2D eigenvalue weighted by Crippen LogP contribution is -2.32. The van der Waals surface area contributed by atoms with Gasteiger partial charge in [-0.3, -0.25) is 4.79 Å². The predicted molar refractivity (Wildman–Crippen MR) is 103 cm³/mol. The Hall–Kier alpha value is -2.29. The zero-order chi connectivity index (χ0) is 18.2. The molecule has 0 spiro atoms. The van der Waals surface area contributed by atoms with Crippen molar-refractivity contribution < 1.29 is 9.90 Å². The van der Waals surface area contributed by atoms with Crippen LogP contribution in [0.15, 0.2) is 48.5 Å². The molecule has 3 nitrogen and oxygen atoms in total. The number of carbonyl (C=O) groups excluding carboxylic acids is 1. The highest BCUT2D eigenvalue weighted by Gasteiger charge is 2.17. The van der Waals surface area contributed by atoms with Crippen LogP contribution in [0.4, 0.5) is 0 Å². The number of benzene rings is 2. The molecular weight excluding hydrogens is 310 g/mol. The summed E-state index contributed by atoms with van der Waals surface area (Å²) < 4.78 is 0. The summed E-state index contributed by atoms with van der Waals surface area (Å²) in [6.45, 7) is 7.57. The van der Waals surface area contributed by atoms with Crippen LogP contribution in [-0.4, -0.2) is 22.5 Å². The van der Waals surface area contributed by atoms with Gasteiger partial charge in [-0.1, -0.05) is 57.5 Å². The summed E-state index contributed by atoms with van der Waals surface area (Å²) >= 11 is 0. The second-order valence-electron chi connectivity index (χ2n) is 6.98. The quantitative estimate of drug-likeness (QED) is 0.732. The summed E-state index contributed by atoms with van der Waals surface area (Å²) in [5.41, 5.74) is 2.75. The van der Waals surface area contributed by atoms with Crippen molar-refractivity contribution in [3.8, 4) is 5.75 Å². The zero-order valence-corrected chi connectivity index (χ0v) is 15.5. The molecule has 0 atom stereocenters. The van der Waals surface area contributed by atoms with Crippen molar-refractivity contribution in [2.45, 2.75) is 46.6 Å². The highest BCUT2D eigenvalue weighted by atomic mass is 16.3. The van der Waals surface area contributed by atoms with E-state index in [-0.39, 0.29) is 11.7 Å². The maximum atomic E-state index is 13.0. The van der Waals surface area contributed by atoms with E-state index in [0.717, 1.165) is 24.8 Å². The maximum absolute atomic E-state index is 13.0. The van der Waals surface area contributed by atoms with Crippen molar-refractivity contribution in [3.05, 3.63) is 65.2 Å². The minimum Gasteiger partial charge on any atom is -0.508 e. The molecule has 0 unspecified atom stereocenters. The van der Waals surface area contributed by atoms with Crippen molar-refractivity contribution in [2.75, 3.05) is 6.54 Å². The number of carbonyl (C=O) groups is 1. The van der Waals surface area contributed by atoms with Gasteiger partial charge in [-0.15, -0.1) is 0 Å². The van der Waals surface area contributed by atoms with Gasteiger partial charge >= 0.3 is 0 Å². The molecule has 0 aliphatic carbocycles. The van der Waals surface area contributed by atoms with Crippen LogP contribution in [-0.2, 0) is 13.0 Å². The first kappa shape index (κ1) is 19.0. The van der Waals surface area contributed by atoms with E-state index in [2.05, 4.69) is 20.8 Å². The number of amides is 1. The Kier molecular flexibility index (Phi) is 7.05. The molecule has 0 saturated heterocycles. The predicted octanol–water partition coefficient (Wildman–Crippen LogP) is 5.03. The van der Waals surface area contributed by atoms with E-state index in [9.17, 15) is 9.90 Å². The van der Waals surface area contributed by atoms with Crippen molar-refractivity contribution in [3.63, 3.8) is 0 Å².